The second kappa shape index (κ2) is 4.46. The van der Waals surface area contributed by atoms with E-state index in [1.54, 1.807) is 11.6 Å². The van der Waals surface area contributed by atoms with Crippen LogP contribution in [0.4, 0.5) is 5.82 Å². The molecular weight excluding hydrogens is 268 g/mol. The number of nitrogens with zero attached hydrogens (tertiary/aromatic N) is 3. The van der Waals surface area contributed by atoms with Gasteiger partial charge in [-0.25, -0.2) is 0 Å². The van der Waals surface area contributed by atoms with E-state index in [4.69, 9.17) is 10.5 Å². The van der Waals surface area contributed by atoms with Crippen molar-refractivity contribution in [2.75, 3.05) is 6.61 Å². The van der Waals surface area contributed by atoms with Crippen LogP contribution in [0.5, 0.6) is 5.88 Å². The molecule has 102 valence electrons. The lowest BCUT2D eigenvalue weighted by Crippen LogP contribution is -2.42. The van der Waals surface area contributed by atoms with Crippen LogP contribution in [0.3, 0.4) is 0 Å². The molecule has 2 N–H and O–H groups in total. The first kappa shape index (κ1) is 12.4. The Hall–Kier alpha value is -1.67. The molecule has 1 aliphatic carbocycles. The highest BCUT2D eigenvalue weighted by atomic mass is 32.1. The summed E-state index contributed by atoms with van der Waals surface area (Å²) in [7, 11) is 0. The summed E-state index contributed by atoms with van der Waals surface area (Å²) in [6.07, 6.45) is 5.57. The van der Waals surface area contributed by atoms with Gasteiger partial charge < -0.3 is 20.6 Å². The molecule has 0 radical (unpaired) electrons. The summed E-state index contributed by atoms with van der Waals surface area (Å²) < 4.78 is 6.97. The fraction of sp³-hybridized carbons (Fsp3) is 0.545. The average molecular weight is 282 g/mol. The van der Waals surface area contributed by atoms with Gasteiger partial charge in [0.05, 0.1) is 5.54 Å². The second-order valence-electron chi connectivity index (χ2n) is 4.91. The van der Waals surface area contributed by atoms with Crippen molar-refractivity contribution in [1.82, 2.24) is 9.38 Å². The number of rotatable bonds is 4. The number of nitro groups is 1. The maximum Gasteiger partial charge on any atom is 0.393 e. The highest BCUT2D eigenvalue weighted by Crippen LogP contribution is 2.32. The van der Waals surface area contributed by atoms with Gasteiger partial charge in [-0.3, -0.25) is 0 Å². The summed E-state index contributed by atoms with van der Waals surface area (Å²) in [5.74, 6) is -0.0635. The summed E-state index contributed by atoms with van der Waals surface area (Å²) in [5.41, 5.74) is 5.81. The molecule has 0 aromatic carbocycles. The Morgan fingerprint density at radius 1 is 1.58 bits per heavy atom. The van der Waals surface area contributed by atoms with Gasteiger partial charge in [-0.1, -0.05) is 24.2 Å². The minimum atomic E-state index is -0.472. The van der Waals surface area contributed by atoms with Crippen LogP contribution >= 0.6 is 11.3 Å². The van der Waals surface area contributed by atoms with Crippen molar-refractivity contribution in [3.05, 3.63) is 21.7 Å². The number of imidazole rings is 1. The molecule has 0 saturated heterocycles. The zero-order valence-electron chi connectivity index (χ0n) is 10.2. The SMILES string of the molecule is NC1(COc2nc3sccn3c2[N+](=O)[O-])CCCC1. The van der Waals surface area contributed by atoms with Gasteiger partial charge in [-0.2, -0.15) is 9.38 Å². The molecule has 8 heteroatoms. The van der Waals surface area contributed by atoms with Gasteiger partial charge in [0.2, 0.25) is 0 Å². The average Bonchev–Trinajstić information content (AvgIpc) is 3.00. The number of hydrogen-bond acceptors (Lipinski definition) is 6. The third-order valence-corrected chi connectivity index (χ3v) is 4.23. The van der Waals surface area contributed by atoms with Gasteiger partial charge in [0.1, 0.15) is 12.8 Å². The largest absolute Gasteiger partial charge is 0.470 e. The molecule has 0 atom stereocenters. The first-order chi connectivity index (χ1) is 9.09. The van der Waals surface area contributed by atoms with Crippen molar-refractivity contribution >= 4 is 22.1 Å². The predicted molar refractivity (Wildman–Crippen MR) is 70.6 cm³/mol. The normalized spacial score (nSPS) is 17.9. The van der Waals surface area contributed by atoms with Crippen LogP contribution in [0.2, 0.25) is 0 Å². The highest BCUT2D eigenvalue weighted by molar-refractivity contribution is 7.15. The Morgan fingerprint density at radius 3 is 3.00 bits per heavy atom. The molecule has 1 saturated carbocycles. The number of hydrogen-bond donors (Lipinski definition) is 1. The van der Waals surface area contributed by atoms with Crippen LogP contribution < -0.4 is 10.5 Å². The molecule has 2 aromatic rings. The van der Waals surface area contributed by atoms with E-state index in [2.05, 4.69) is 4.98 Å². The maximum absolute atomic E-state index is 11.1. The molecule has 0 aliphatic heterocycles. The quantitative estimate of drug-likeness (QED) is 0.683. The van der Waals surface area contributed by atoms with Crippen LogP contribution in [-0.4, -0.2) is 26.5 Å². The van der Waals surface area contributed by atoms with Crippen LogP contribution in [0.1, 0.15) is 25.7 Å². The highest BCUT2D eigenvalue weighted by Gasteiger charge is 2.32. The number of aromatic nitrogens is 2. The molecular formula is C11H14N4O3S. The van der Waals surface area contributed by atoms with Crippen molar-refractivity contribution in [3.63, 3.8) is 0 Å². The third kappa shape index (κ3) is 2.17. The molecule has 19 heavy (non-hydrogen) atoms. The van der Waals surface area contributed by atoms with Crippen LogP contribution in [0.15, 0.2) is 11.6 Å². The van der Waals surface area contributed by atoms with E-state index in [9.17, 15) is 10.1 Å². The summed E-state index contributed by atoms with van der Waals surface area (Å²) in [6.45, 7) is 0.276. The molecule has 2 heterocycles. The topological polar surface area (TPSA) is 95.7 Å². The molecule has 7 nitrogen and oxygen atoms in total. The van der Waals surface area contributed by atoms with Crippen molar-refractivity contribution in [3.8, 4) is 5.88 Å². The smallest absolute Gasteiger partial charge is 0.393 e. The lowest BCUT2D eigenvalue weighted by atomic mass is 10.0. The van der Waals surface area contributed by atoms with E-state index in [0.29, 0.717) is 4.96 Å². The maximum atomic E-state index is 11.1. The van der Waals surface area contributed by atoms with Gasteiger partial charge in [0.25, 0.3) is 4.96 Å². The standard InChI is InChI=1S/C11H14N4O3S/c12-11(3-1-2-4-11)7-18-8-9(15(16)17)14-5-6-19-10(14)13-8/h5-6H,1-4,7,12H2. The number of fused-ring (bicyclic) bond motifs is 1. The summed E-state index contributed by atoms with van der Waals surface area (Å²) in [5, 5.41) is 12.9. The Bertz CT molecular complexity index is 615. The molecule has 0 unspecified atom stereocenters. The Labute approximate surface area is 113 Å². The molecule has 0 amide bonds. The lowest BCUT2D eigenvalue weighted by molar-refractivity contribution is -0.391. The van der Waals surface area contributed by atoms with Gasteiger partial charge in [-0.05, 0) is 17.8 Å². The summed E-state index contributed by atoms with van der Waals surface area (Å²) >= 11 is 1.33. The van der Waals surface area contributed by atoms with Gasteiger partial charge in [0, 0.05) is 5.38 Å². The minimum absolute atomic E-state index is 0.0635. The monoisotopic (exact) mass is 282 g/mol. The van der Waals surface area contributed by atoms with Gasteiger partial charge in [-0.15, -0.1) is 0 Å². The molecule has 0 spiro atoms. The molecule has 1 fully saturated rings. The van der Waals surface area contributed by atoms with E-state index < -0.39 is 4.92 Å². The summed E-state index contributed by atoms with van der Waals surface area (Å²) in [4.78, 5) is 15.3. The summed E-state index contributed by atoms with van der Waals surface area (Å²) in [6, 6.07) is 0. The first-order valence-electron chi connectivity index (χ1n) is 6.11. The van der Waals surface area contributed by atoms with Crippen molar-refractivity contribution < 1.29 is 9.66 Å². The number of thiazole rings is 1. The molecule has 1 aliphatic rings. The van der Waals surface area contributed by atoms with Crippen molar-refractivity contribution in [2.24, 2.45) is 5.73 Å². The Morgan fingerprint density at radius 2 is 2.32 bits per heavy atom. The Kier molecular flexibility index (Phi) is 2.90. The van der Waals surface area contributed by atoms with Crippen molar-refractivity contribution in [2.45, 2.75) is 31.2 Å². The van der Waals surface area contributed by atoms with Crippen LogP contribution in [-0.2, 0) is 0 Å². The van der Waals surface area contributed by atoms with Crippen molar-refractivity contribution in [1.29, 1.82) is 0 Å². The van der Waals surface area contributed by atoms with Crippen LogP contribution in [0.25, 0.3) is 4.96 Å². The van der Waals surface area contributed by atoms with E-state index in [0.717, 1.165) is 25.7 Å². The molecule has 0 bridgehead atoms. The van der Waals surface area contributed by atoms with Gasteiger partial charge >= 0.3 is 11.7 Å². The molecule has 2 aromatic heterocycles. The lowest BCUT2D eigenvalue weighted by Gasteiger charge is -2.22. The van der Waals surface area contributed by atoms with Crippen LogP contribution in [0, 0.1) is 10.1 Å². The van der Waals surface area contributed by atoms with E-state index >= 15 is 0 Å². The zero-order chi connectivity index (χ0) is 13.5. The number of nitrogens with two attached hydrogens (primary N) is 1. The first-order valence-corrected chi connectivity index (χ1v) is 6.99. The molecule has 3 rings (SSSR count). The number of ether oxygens (including phenoxy) is 1. The fourth-order valence-corrected chi connectivity index (χ4v) is 3.15. The predicted octanol–water partition coefficient (Wildman–Crippen LogP) is 1.95. The van der Waals surface area contributed by atoms with E-state index in [-0.39, 0.29) is 23.8 Å². The van der Waals surface area contributed by atoms with E-state index in [1.807, 2.05) is 0 Å². The minimum Gasteiger partial charge on any atom is -0.470 e. The fourth-order valence-electron chi connectivity index (χ4n) is 2.45. The van der Waals surface area contributed by atoms with Gasteiger partial charge in [0.15, 0.2) is 0 Å². The van der Waals surface area contributed by atoms with E-state index in [1.165, 1.54) is 15.7 Å². The second-order valence-corrected chi connectivity index (χ2v) is 5.78. The Balaban J connectivity index is 1.85. The zero-order valence-corrected chi connectivity index (χ0v) is 11.1. The third-order valence-electron chi connectivity index (χ3n) is 3.47.